The lowest BCUT2D eigenvalue weighted by molar-refractivity contribution is 0.0613. The Morgan fingerprint density at radius 1 is 1.47 bits per heavy atom. The number of ether oxygens (including phenoxy) is 1. The average molecular weight is 235 g/mol. The molecule has 0 spiro atoms. The predicted molar refractivity (Wildman–Crippen MR) is 64.4 cm³/mol. The van der Waals surface area contributed by atoms with E-state index in [-0.39, 0.29) is 12.4 Å². The summed E-state index contributed by atoms with van der Waals surface area (Å²) in [7, 11) is 0. The normalized spacial score (nSPS) is 32.6. The van der Waals surface area contributed by atoms with Gasteiger partial charge in [0.2, 0.25) is 0 Å². The van der Waals surface area contributed by atoms with Crippen molar-refractivity contribution in [2.24, 2.45) is 5.92 Å². The number of nitrogens with one attached hydrogen (secondary N) is 1. The SMILES string of the molecule is CCN1CCCC(CC2NCCO2)C1.Cl. The fourth-order valence-electron chi connectivity index (χ4n) is 2.57. The molecular formula is C11H23ClN2O. The molecule has 2 saturated heterocycles. The molecule has 0 amide bonds. The summed E-state index contributed by atoms with van der Waals surface area (Å²) < 4.78 is 5.59. The maximum atomic E-state index is 5.59. The number of hydrogen-bond donors (Lipinski definition) is 1. The highest BCUT2D eigenvalue weighted by Gasteiger charge is 2.24. The molecule has 2 unspecified atom stereocenters. The van der Waals surface area contributed by atoms with Crippen molar-refractivity contribution in [3.8, 4) is 0 Å². The summed E-state index contributed by atoms with van der Waals surface area (Å²) in [5.41, 5.74) is 0. The van der Waals surface area contributed by atoms with Gasteiger partial charge < -0.3 is 9.64 Å². The summed E-state index contributed by atoms with van der Waals surface area (Å²) in [4.78, 5) is 2.56. The van der Waals surface area contributed by atoms with Gasteiger partial charge in [-0.05, 0) is 38.3 Å². The smallest absolute Gasteiger partial charge is 0.108 e. The second kappa shape index (κ2) is 6.69. The second-order valence-corrected chi connectivity index (χ2v) is 4.45. The van der Waals surface area contributed by atoms with Crippen molar-refractivity contribution in [1.82, 2.24) is 10.2 Å². The van der Waals surface area contributed by atoms with Gasteiger partial charge in [-0.3, -0.25) is 5.32 Å². The van der Waals surface area contributed by atoms with E-state index in [1.165, 1.54) is 38.9 Å². The number of hydrogen-bond acceptors (Lipinski definition) is 3. The Bertz CT molecular complexity index is 174. The molecule has 0 radical (unpaired) electrons. The van der Waals surface area contributed by atoms with Gasteiger partial charge in [-0.25, -0.2) is 0 Å². The Morgan fingerprint density at radius 3 is 3.00 bits per heavy atom. The van der Waals surface area contributed by atoms with Crippen molar-refractivity contribution in [2.45, 2.75) is 32.4 Å². The first-order valence-electron chi connectivity index (χ1n) is 5.96. The summed E-state index contributed by atoms with van der Waals surface area (Å²) in [6.07, 6.45) is 4.30. The predicted octanol–water partition coefficient (Wildman–Crippen LogP) is 1.48. The number of piperidine rings is 1. The Morgan fingerprint density at radius 2 is 2.33 bits per heavy atom. The van der Waals surface area contributed by atoms with Crippen LogP contribution in [-0.2, 0) is 4.74 Å². The molecule has 0 bridgehead atoms. The van der Waals surface area contributed by atoms with E-state index >= 15 is 0 Å². The number of halogens is 1. The Balaban J connectivity index is 0.00000112. The van der Waals surface area contributed by atoms with Crippen LogP contribution in [0.1, 0.15) is 26.2 Å². The van der Waals surface area contributed by atoms with Crippen LogP contribution in [0, 0.1) is 5.92 Å². The summed E-state index contributed by atoms with van der Waals surface area (Å²) in [6, 6.07) is 0. The van der Waals surface area contributed by atoms with Crippen LogP contribution in [0.2, 0.25) is 0 Å². The van der Waals surface area contributed by atoms with Crippen molar-refractivity contribution in [3.05, 3.63) is 0 Å². The highest BCUT2D eigenvalue weighted by atomic mass is 35.5. The molecule has 0 aliphatic carbocycles. The van der Waals surface area contributed by atoms with Gasteiger partial charge in [-0.1, -0.05) is 6.92 Å². The molecule has 0 aromatic carbocycles. The van der Waals surface area contributed by atoms with E-state index in [0.717, 1.165) is 19.1 Å². The number of rotatable bonds is 3. The van der Waals surface area contributed by atoms with Crippen LogP contribution in [0.25, 0.3) is 0 Å². The first-order chi connectivity index (χ1) is 6.88. The van der Waals surface area contributed by atoms with Gasteiger partial charge >= 0.3 is 0 Å². The van der Waals surface area contributed by atoms with E-state index in [1.54, 1.807) is 0 Å². The van der Waals surface area contributed by atoms with Crippen molar-refractivity contribution < 1.29 is 4.74 Å². The second-order valence-electron chi connectivity index (χ2n) is 4.45. The van der Waals surface area contributed by atoms with Gasteiger partial charge in [0.15, 0.2) is 0 Å². The molecule has 0 aromatic rings. The molecule has 2 aliphatic heterocycles. The molecule has 2 aliphatic rings. The van der Waals surface area contributed by atoms with Gasteiger partial charge in [0.25, 0.3) is 0 Å². The number of likely N-dealkylation sites (tertiary alicyclic amines) is 1. The molecule has 2 rings (SSSR count). The minimum Gasteiger partial charge on any atom is -0.362 e. The Hall–Kier alpha value is 0.170. The fourth-order valence-corrected chi connectivity index (χ4v) is 2.57. The van der Waals surface area contributed by atoms with Crippen LogP contribution >= 0.6 is 12.4 Å². The van der Waals surface area contributed by atoms with Crippen molar-refractivity contribution >= 4 is 12.4 Å². The van der Waals surface area contributed by atoms with Crippen molar-refractivity contribution in [2.75, 3.05) is 32.8 Å². The van der Waals surface area contributed by atoms with Gasteiger partial charge in [0.05, 0.1) is 6.61 Å². The monoisotopic (exact) mass is 234 g/mol. The highest BCUT2D eigenvalue weighted by Crippen LogP contribution is 2.21. The molecule has 1 N–H and O–H groups in total. The van der Waals surface area contributed by atoms with E-state index < -0.39 is 0 Å². The summed E-state index contributed by atoms with van der Waals surface area (Å²) >= 11 is 0. The Labute approximate surface area is 99.0 Å². The zero-order valence-electron chi connectivity index (χ0n) is 9.58. The van der Waals surface area contributed by atoms with Crippen LogP contribution in [0.3, 0.4) is 0 Å². The maximum Gasteiger partial charge on any atom is 0.108 e. The van der Waals surface area contributed by atoms with Gasteiger partial charge in [0, 0.05) is 13.1 Å². The van der Waals surface area contributed by atoms with Crippen LogP contribution in [0.4, 0.5) is 0 Å². The first-order valence-corrected chi connectivity index (χ1v) is 5.96. The van der Waals surface area contributed by atoms with Crippen molar-refractivity contribution in [1.29, 1.82) is 0 Å². The first kappa shape index (κ1) is 13.2. The fraction of sp³-hybridized carbons (Fsp3) is 1.00. The largest absolute Gasteiger partial charge is 0.362 e. The van der Waals surface area contributed by atoms with Crippen LogP contribution < -0.4 is 5.32 Å². The molecule has 4 heteroatoms. The van der Waals surface area contributed by atoms with E-state index in [4.69, 9.17) is 4.74 Å². The molecule has 2 atom stereocenters. The highest BCUT2D eigenvalue weighted by molar-refractivity contribution is 5.85. The lowest BCUT2D eigenvalue weighted by Gasteiger charge is -2.32. The van der Waals surface area contributed by atoms with E-state index in [9.17, 15) is 0 Å². The summed E-state index contributed by atoms with van der Waals surface area (Å²) in [6.45, 7) is 7.97. The zero-order valence-corrected chi connectivity index (χ0v) is 10.4. The molecule has 2 heterocycles. The molecule has 90 valence electrons. The average Bonchev–Trinajstić information content (AvgIpc) is 2.71. The van der Waals surface area contributed by atoms with Crippen LogP contribution in [-0.4, -0.2) is 43.9 Å². The van der Waals surface area contributed by atoms with Gasteiger partial charge in [0.1, 0.15) is 6.23 Å². The quantitative estimate of drug-likeness (QED) is 0.801. The third-order valence-corrected chi connectivity index (χ3v) is 3.39. The molecule has 15 heavy (non-hydrogen) atoms. The minimum atomic E-state index is 0. The Kier molecular flexibility index (Phi) is 5.90. The van der Waals surface area contributed by atoms with E-state index in [0.29, 0.717) is 6.23 Å². The van der Waals surface area contributed by atoms with E-state index in [1.807, 2.05) is 0 Å². The van der Waals surface area contributed by atoms with Gasteiger partial charge in [-0.15, -0.1) is 12.4 Å². The summed E-state index contributed by atoms with van der Waals surface area (Å²) in [5, 5.41) is 3.40. The lowest BCUT2D eigenvalue weighted by Crippen LogP contribution is -2.38. The number of nitrogens with zero attached hydrogens (tertiary/aromatic N) is 1. The summed E-state index contributed by atoms with van der Waals surface area (Å²) in [5.74, 6) is 0.847. The topological polar surface area (TPSA) is 24.5 Å². The minimum absolute atomic E-state index is 0. The standard InChI is InChI=1S/C11H22N2O.ClH/c1-2-13-6-3-4-10(9-13)8-11-12-5-7-14-11;/h10-12H,2-9H2,1H3;1H. The lowest BCUT2D eigenvalue weighted by atomic mass is 9.94. The molecular weight excluding hydrogens is 212 g/mol. The van der Waals surface area contributed by atoms with Crippen molar-refractivity contribution in [3.63, 3.8) is 0 Å². The molecule has 3 nitrogen and oxygen atoms in total. The molecule has 2 fully saturated rings. The molecule has 0 aromatic heterocycles. The van der Waals surface area contributed by atoms with Crippen LogP contribution in [0.5, 0.6) is 0 Å². The zero-order chi connectivity index (χ0) is 9.80. The van der Waals surface area contributed by atoms with Crippen LogP contribution in [0.15, 0.2) is 0 Å². The third kappa shape index (κ3) is 3.91. The molecule has 0 saturated carbocycles. The maximum absolute atomic E-state index is 5.59. The third-order valence-electron chi connectivity index (χ3n) is 3.39. The van der Waals surface area contributed by atoms with Gasteiger partial charge in [-0.2, -0.15) is 0 Å². The van der Waals surface area contributed by atoms with E-state index in [2.05, 4.69) is 17.1 Å².